The largest absolute Gasteiger partial charge is 0.339 e. The zero-order chi connectivity index (χ0) is 14.4. The molecule has 0 aliphatic carbocycles. The molecule has 20 heavy (non-hydrogen) atoms. The molecule has 2 rings (SSSR count). The number of rotatable bonds is 4. The topological polar surface area (TPSA) is 32.3 Å². The predicted molar refractivity (Wildman–Crippen MR) is 83.7 cm³/mol. The van der Waals surface area contributed by atoms with E-state index in [1.54, 1.807) is 6.08 Å². The molecule has 1 amide bonds. The first kappa shape index (κ1) is 15.1. The highest BCUT2D eigenvalue weighted by Gasteiger charge is 2.21. The van der Waals surface area contributed by atoms with E-state index in [0.29, 0.717) is 10.9 Å². The van der Waals surface area contributed by atoms with Crippen LogP contribution in [0.15, 0.2) is 30.3 Å². The van der Waals surface area contributed by atoms with E-state index in [1.165, 1.54) is 6.42 Å². The van der Waals surface area contributed by atoms with Gasteiger partial charge in [-0.25, -0.2) is 0 Å². The Bertz CT molecular complexity index is 468. The lowest BCUT2D eigenvalue weighted by molar-refractivity contribution is -0.127. The van der Waals surface area contributed by atoms with Crippen LogP contribution in [0.2, 0.25) is 5.02 Å². The number of benzene rings is 1. The third-order valence-electron chi connectivity index (χ3n) is 3.61. The van der Waals surface area contributed by atoms with Crippen LogP contribution >= 0.6 is 11.6 Å². The number of hydrogen-bond donors (Lipinski definition) is 1. The number of carbonyl (C=O) groups is 1. The van der Waals surface area contributed by atoms with Crippen LogP contribution in [0, 0.1) is 5.92 Å². The van der Waals surface area contributed by atoms with Gasteiger partial charge in [0.25, 0.3) is 0 Å². The van der Waals surface area contributed by atoms with Gasteiger partial charge in [-0.1, -0.05) is 23.7 Å². The summed E-state index contributed by atoms with van der Waals surface area (Å²) in [6.45, 7) is 2.69. The lowest BCUT2D eigenvalue weighted by Crippen LogP contribution is -2.41. The quantitative estimate of drug-likeness (QED) is 0.866. The average molecular weight is 293 g/mol. The number of carbonyl (C=O) groups excluding carboxylic acids is 1. The number of amides is 1. The molecule has 1 aromatic rings. The Kier molecular flexibility index (Phi) is 5.62. The molecule has 1 fully saturated rings. The zero-order valence-electron chi connectivity index (χ0n) is 11.8. The first-order valence-electron chi connectivity index (χ1n) is 7.06. The van der Waals surface area contributed by atoms with E-state index < -0.39 is 0 Å². The molecule has 4 heteroatoms. The molecular formula is C16H21ClN2O. The number of nitrogens with one attached hydrogen (secondary N) is 1. The molecule has 0 radical (unpaired) electrons. The number of nitrogens with zero attached hydrogens (tertiary/aromatic N) is 1. The summed E-state index contributed by atoms with van der Waals surface area (Å²) < 4.78 is 0. The summed E-state index contributed by atoms with van der Waals surface area (Å²) in [5, 5.41) is 3.90. The molecule has 1 atom stereocenters. The Morgan fingerprint density at radius 2 is 2.20 bits per heavy atom. The van der Waals surface area contributed by atoms with Gasteiger partial charge in [0, 0.05) is 24.2 Å². The monoisotopic (exact) mass is 292 g/mol. The summed E-state index contributed by atoms with van der Waals surface area (Å²) >= 11 is 5.84. The molecule has 1 unspecified atom stereocenters. The average Bonchev–Trinajstić information content (AvgIpc) is 2.47. The maximum absolute atomic E-state index is 12.2. The summed E-state index contributed by atoms with van der Waals surface area (Å²) in [5.74, 6) is 0.669. The highest BCUT2D eigenvalue weighted by atomic mass is 35.5. The minimum atomic E-state index is 0.0979. The standard InChI is InChI=1S/C16H21ClN2O/c1-18-11-14-3-2-10-19(12-14)16(20)9-6-13-4-7-15(17)8-5-13/h4-9,14,18H,2-3,10-12H2,1H3. The lowest BCUT2D eigenvalue weighted by Gasteiger charge is -2.32. The SMILES string of the molecule is CNCC1CCCN(C(=O)C=Cc2ccc(Cl)cc2)C1. The van der Waals surface area contributed by atoms with Crippen molar-refractivity contribution in [3.05, 3.63) is 40.9 Å². The molecule has 1 aliphatic rings. The minimum Gasteiger partial charge on any atom is -0.339 e. The van der Waals surface area contributed by atoms with Crippen molar-refractivity contribution in [1.29, 1.82) is 0 Å². The molecule has 3 nitrogen and oxygen atoms in total. The molecule has 0 spiro atoms. The molecule has 108 valence electrons. The van der Waals surface area contributed by atoms with E-state index in [2.05, 4.69) is 5.32 Å². The lowest BCUT2D eigenvalue weighted by atomic mass is 9.98. The summed E-state index contributed by atoms with van der Waals surface area (Å²) in [5.41, 5.74) is 0.992. The van der Waals surface area contributed by atoms with Crippen molar-refractivity contribution >= 4 is 23.6 Å². The van der Waals surface area contributed by atoms with Gasteiger partial charge in [-0.3, -0.25) is 4.79 Å². The predicted octanol–water partition coefficient (Wildman–Crippen LogP) is 2.81. The van der Waals surface area contributed by atoms with Gasteiger partial charge in [-0.15, -0.1) is 0 Å². The molecule has 1 saturated heterocycles. The Hall–Kier alpha value is -1.32. The van der Waals surface area contributed by atoms with Crippen molar-refractivity contribution in [2.75, 3.05) is 26.7 Å². The van der Waals surface area contributed by atoms with E-state index in [-0.39, 0.29) is 5.91 Å². The van der Waals surface area contributed by atoms with Crippen molar-refractivity contribution in [3.8, 4) is 0 Å². The van der Waals surface area contributed by atoms with E-state index in [1.807, 2.05) is 42.3 Å². The second kappa shape index (κ2) is 7.46. The fraction of sp³-hybridized carbons (Fsp3) is 0.438. The number of hydrogen-bond acceptors (Lipinski definition) is 2. The number of halogens is 1. The number of piperidine rings is 1. The zero-order valence-corrected chi connectivity index (χ0v) is 12.6. The fourth-order valence-corrected chi connectivity index (χ4v) is 2.69. The minimum absolute atomic E-state index is 0.0979. The van der Waals surface area contributed by atoms with Crippen LogP contribution < -0.4 is 5.32 Å². The molecular weight excluding hydrogens is 272 g/mol. The van der Waals surface area contributed by atoms with Crippen LogP contribution in [-0.4, -0.2) is 37.5 Å². The molecule has 1 N–H and O–H groups in total. The van der Waals surface area contributed by atoms with E-state index >= 15 is 0 Å². The Labute approximate surface area is 125 Å². The van der Waals surface area contributed by atoms with Crippen molar-refractivity contribution < 1.29 is 4.79 Å². The molecule has 0 aromatic heterocycles. The first-order chi connectivity index (χ1) is 9.69. The van der Waals surface area contributed by atoms with Gasteiger partial charge in [0.05, 0.1) is 0 Å². The van der Waals surface area contributed by atoms with Gasteiger partial charge < -0.3 is 10.2 Å². The van der Waals surface area contributed by atoms with E-state index in [4.69, 9.17) is 11.6 Å². The van der Waals surface area contributed by atoms with Crippen molar-refractivity contribution in [2.24, 2.45) is 5.92 Å². The van der Waals surface area contributed by atoms with Crippen molar-refractivity contribution in [2.45, 2.75) is 12.8 Å². The van der Waals surface area contributed by atoms with Crippen LogP contribution in [0.4, 0.5) is 0 Å². The summed E-state index contributed by atoms with van der Waals surface area (Å²) in [7, 11) is 1.96. The highest BCUT2D eigenvalue weighted by Crippen LogP contribution is 2.16. The van der Waals surface area contributed by atoms with Crippen LogP contribution in [0.5, 0.6) is 0 Å². The van der Waals surface area contributed by atoms with Crippen molar-refractivity contribution in [1.82, 2.24) is 10.2 Å². The highest BCUT2D eigenvalue weighted by molar-refractivity contribution is 6.30. The van der Waals surface area contributed by atoms with Crippen LogP contribution in [0.3, 0.4) is 0 Å². The van der Waals surface area contributed by atoms with Crippen LogP contribution in [0.1, 0.15) is 18.4 Å². The summed E-state index contributed by atoms with van der Waals surface area (Å²) in [4.78, 5) is 14.1. The normalized spacial score (nSPS) is 19.5. The Morgan fingerprint density at radius 3 is 2.90 bits per heavy atom. The van der Waals surface area contributed by atoms with Crippen LogP contribution in [-0.2, 0) is 4.79 Å². The van der Waals surface area contributed by atoms with Gasteiger partial charge in [0.1, 0.15) is 0 Å². The smallest absolute Gasteiger partial charge is 0.246 e. The van der Waals surface area contributed by atoms with Gasteiger partial charge >= 0.3 is 0 Å². The third kappa shape index (κ3) is 4.36. The molecule has 1 heterocycles. The van der Waals surface area contributed by atoms with Gasteiger partial charge in [-0.05, 0) is 56.1 Å². The van der Waals surface area contributed by atoms with Crippen molar-refractivity contribution in [3.63, 3.8) is 0 Å². The summed E-state index contributed by atoms with van der Waals surface area (Å²) in [6.07, 6.45) is 5.80. The Balaban J connectivity index is 1.92. The van der Waals surface area contributed by atoms with Crippen LogP contribution in [0.25, 0.3) is 6.08 Å². The maximum Gasteiger partial charge on any atom is 0.246 e. The molecule has 1 aromatic carbocycles. The molecule has 1 aliphatic heterocycles. The number of likely N-dealkylation sites (tertiary alicyclic amines) is 1. The fourth-order valence-electron chi connectivity index (χ4n) is 2.57. The summed E-state index contributed by atoms with van der Waals surface area (Å²) in [6, 6.07) is 7.48. The second-order valence-electron chi connectivity index (χ2n) is 5.24. The van der Waals surface area contributed by atoms with Gasteiger partial charge in [0.15, 0.2) is 0 Å². The van der Waals surface area contributed by atoms with E-state index in [9.17, 15) is 4.79 Å². The maximum atomic E-state index is 12.2. The second-order valence-corrected chi connectivity index (χ2v) is 5.67. The van der Waals surface area contributed by atoms with Gasteiger partial charge in [0.2, 0.25) is 5.91 Å². The Morgan fingerprint density at radius 1 is 1.45 bits per heavy atom. The molecule has 0 saturated carbocycles. The van der Waals surface area contributed by atoms with E-state index in [0.717, 1.165) is 31.6 Å². The van der Waals surface area contributed by atoms with Gasteiger partial charge in [-0.2, -0.15) is 0 Å². The molecule has 0 bridgehead atoms. The first-order valence-corrected chi connectivity index (χ1v) is 7.44. The third-order valence-corrected chi connectivity index (χ3v) is 3.86.